The van der Waals surface area contributed by atoms with Gasteiger partial charge in [-0.05, 0) is 30.0 Å². The summed E-state index contributed by atoms with van der Waals surface area (Å²) in [5, 5.41) is 22.8. The fourth-order valence-electron chi connectivity index (χ4n) is 2.51. The molecule has 2 aromatic heterocycles. The number of aromatic amines is 1. The maximum atomic E-state index is 12.2. The topological polar surface area (TPSA) is 139 Å². The van der Waals surface area contributed by atoms with E-state index in [-0.39, 0.29) is 11.4 Å². The Kier molecular flexibility index (Phi) is 5.03. The van der Waals surface area contributed by atoms with E-state index in [1.165, 1.54) is 18.6 Å². The van der Waals surface area contributed by atoms with Crippen molar-refractivity contribution in [1.29, 1.82) is 0 Å². The maximum Gasteiger partial charge on any atom is 0.307 e. The van der Waals surface area contributed by atoms with E-state index in [9.17, 15) is 14.9 Å². The van der Waals surface area contributed by atoms with Crippen LogP contribution in [0.4, 0.5) is 5.69 Å². The van der Waals surface area contributed by atoms with Crippen molar-refractivity contribution in [2.24, 2.45) is 5.10 Å². The zero-order valence-corrected chi connectivity index (χ0v) is 15.4. The number of hydrogen-bond acceptors (Lipinski definition) is 8. The predicted molar refractivity (Wildman–Crippen MR) is 105 cm³/mol. The van der Waals surface area contributed by atoms with Crippen LogP contribution in [0.15, 0.2) is 74.4 Å². The first-order valence-corrected chi connectivity index (χ1v) is 9.05. The van der Waals surface area contributed by atoms with Gasteiger partial charge in [0.1, 0.15) is 11.9 Å². The number of nitro groups is 1. The number of nitro benzene ring substituents is 1. The highest BCUT2D eigenvalue weighted by atomic mass is 32.2. The molecule has 0 spiro atoms. The van der Waals surface area contributed by atoms with E-state index in [0.717, 1.165) is 17.1 Å². The Labute approximate surface area is 167 Å². The number of benzene rings is 2. The molecule has 0 aliphatic heterocycles. The SMILES string of the molecule is O=C(NN=Cc1ccc(Sc2ncn[nH]2)c([N+](=O)[O-])c1)c1cc2ccccc2o1. The zero-order valence-electron chi connectivity index (χ0n) is 14.6. The van der Waals surface area contributed by atoms with E-state index in [1.54, 1.807) is 24.3 Å². The Balaban J connectivity index is 1.48. The molecule has 0 aliphatic carbocycles. The van der Waals surface area contributed by atoms with Gasteiger partial charge in [0.15, 0.2) is 10.9 Å². The normalized spacial score (nSPS) is 11.2. The summed E-state index contributed by atoms with van der Waals surface area (Å²) in [6.45, 7) is 0. The monoisotopic (exact) mass is 408 g/mol. The van der Waals surface area contributed by atoms with E-state index < -0.39 is 10.8 Å². The minimum Gasteiger partial charge on any atom is -0.451 e. The van der Waals surface area contributed by atoms with Crippen molar-refractivity contribution in [3.8, 4) is 0 Å². The van der Waals surface area contributed by atoms with Gasteiger partial charge < -0.3 is 4.42 Å². The van der Waals surface area contributed by atoms with Crippen LogP contribution >= 0.6 is 11.8 Å². The summed E-state index contributed by atoms with van der Waals surface area (Å²) in [5.41, 5.74) is 3.28. The molecule has 0 atom stereocenters. The molecular formula is C18H12N6O4S. The van der Waals surface area contributed by atoms with E-state index >= 15 is 0 Å². The third kappa shape index (κ3) is 4.14. The van der Waals surface area contributed by atoms with Gasteiger partial charge >= 0.3 is 5.91 Å². The summed E-state index contributed by atoms with van der Waals surface area (Å²) in [6.07, 6.45) is 2.64. The quantitative estimate of drug-likeness (QED) is 0.283. The van der Waals surface area contributed by atoms with Crippen molar-refractivity contribution in [1.82, 2.24) is 20.6 Å². The highest BCUT2D eigenvalue weighted by molar-refractivity contribution is 7.99. The number of amides is 1. The van der Waals surface area contributed by atoms with Crippen LogP contribution in [0.3, 0.4) is 0 Å². The Morgan fingerprint density at radius 3 is 2.90 bits per heavy atom. The molecular weight excluding hydrogens is 396 g/mol. The zero-order chi connectivity index (χ0) is 20.2. The van der Waals surface area contributed by atoms with E-state index in [4.69, 9.17) is 4.42 Å². The molecule has 2 heterocycles. The second kappa shape index (κ2) is 7.94. The largest absolute Gasteiger partial charge is 0.451 e. The van der Waals surface area contributed by atoms with Crippen LogP contribution in [-0.4, -0.2) is 32.2 Å². The average Bonchev–Trinajstić information content (AvgIpc) is 3.38. The molecule has 0 unspecified atom stereocenters. The second-order valence-corrected chi connectivity index (χ2v) is 6.76. The summed E-state index contributed by atoms with van der Waals surface area (Å²) in [4.78, 5) is 27.4. The third-order valence-electron chi connectivity index (χ3n) is 3.81. The number of H-pyrrole nitrogens is 1. The van der Waals surface area contributed by atoms with Gasteiger partial charge in [-0.2, -0.15) is 10.2 Å². The van der Waals surface area contributed by atoms with E-state index in [1.807, 2.05) is 18.2 Å². The van der Waals surface area contributed by atoms with E-state index in [0.29, 0.717) is 21.2 Å². The molecule has 0 fully saturated rings. The summed E-state index contributed by atoms with van der Waals surface area (Å²) < 4.78 is 5.46. The number of nitrogens with zero attached hydrogens (tertiary/aromatic N) is 4. The first-order valence-electron chi connectivity index (χ1n) is 8.24. The lowest BCUT2D eigenvalue weighted by Gasteiger charge is -2.02. The molecule has 144 valence electrons. The molecule has 0 radical (unpaired) electrons. The molecule has 11 heteroatoms. The number of hydrazone groups is 1. The lowest BCUT2D eigenvalue weighted by atomic mass is 10.2. The standard InChI is InChI=1S/C18H12N6O4S/c25-17(15-8-12-3-1-2-4-14(12)28-15)22-20-9-11-5-6-16(13(7-11)24(26)27)29-18-19-10-21-23-18/h1-10H,(H,22,25)(H,19,21,23). The summed E-state index contributed by atoms with van der Waals surface area (Å²) in [7, 11) is 0. The fraction of sp³-hybridized carbons (Fsp3) is 0. The van der Waals surface area contributed by atoms with Gasteiger partial charge in [0, 0.05) is 17.0 Å². The molecule has 29 heavy (non-hydrogen) atoms. The van der Waals surface area contributed by atoms with Gasteiger partial charge in [-0.25, -0.2) is 10.4 Å². The van der Waals surface area contributed by atoms with Crippen LogP contribution < -0.4 is 5.43 Å². The smallest absolute Gasteiger partial charge is 0.307 e. The molecule has 0 aliphatic rings. The number of fused-ring (bicyclic) bond motifs is 1. The Morgan fingerprint density at radius 1 is 1.28 bits per heavy atom. The lowest BCUT2D eigenvalue weighted by molar-refractivity contribution is -0.387. The highest BCUT2D eigenvalue weighted by Crippen LogP contribution is 2.33. The lowest BCUT2D eigenvalue weighted by Crippen LogP contribution is -2.16. The van der Waals surface area contributed by atoms with Gasteiger partial charge in [0.2, 0.25) is 0 Å². The van der Waals surface area contributed by atoms with Crippen LogP contribution in [0.1, 0.15) is 16.1 Å². The number of hydrogen-bond donors (Lipinski definition) is 2. The predicted octanol–water partition coefficient (Wildman–Crippen LogP) is 3.37. The van der Waals surface area contributed by atoms with Crippen LogP contribution in [0.2, 0.25) is 0 Å². The number of para-hydroxylation sites is 1. The van der Waals surface area contributed by atoms with Crippen molar-refractivity contribution in [2.75, 3.05) is 0 Å². The van der Waals surface area contributed by atoms with Crippen molar-refractivity contribution >= 4 is 40.5 Å². The number of aromatic nitrogens is 3. The molecule has 0 saturated heterocycles. The van der Waals surface area contributed by atoms with Crippen molar-refractivity contribution in [3.63, 3.8) is 0 Å². The number of nitrogens with one attached hydrogen (secondary N) is 2. The molecule has 10 nitrogen and oxygen atoms in total. The van der Waals surface area contributed by atoms with Crippen molar-refractivity contribution < 1.29 is 14.1 Å². The van der Waals surface area contributed by atoms with Crippen molar-refractivity contribution in [2.45, 2.75) is 10.1 Å². The Bertz CT molecular complexity index is 1190. The van der Waals surface area contributed by atoms with Crippen LogP contribution in [0, 0.1) is 10.1 Å². The highest BCUT2D eigenvalue weighted by Gasteiger charge is 2.17. The number of carbonyl (C=O) groups is 1. The van der Waals surface area contributed by atoms with Gasteiger partial charge in [-0.1, -0.05) is 24.3 Å². The van der Waals surface area contributed by atoms with Crippen LogP contribution in [0.25, 0.3) is 11.0 Å². The molecule has 0 saturated carbocycles. The average molecular weight is 408 g/mol. The van der Waals surface area contributed by atoms with Crippen LogP contribution in [0.5, 0.6) is 0 Å². The summed E-state index contributed by atoms with van der Waals surface area (Å²) >= 11 is 1.09. The first-order chi connectivity index (χ1) is 14.1. The molecule has 2 N–H and O–H groups in total. The second-order valence-electron chi connectivity index (χ2n) is 5.72. The maximum absolute atomic E-state index is 12.2. The molecule has 4 rings (SSSR count). The summed E-state index contributed by atoms with van der Waals surface area (Å²) in [5.74, 6) is -0.405. The van der Waals surface area contributed by atoms with Gasteiger partial charge in [0.25, 0.3) is 5.69 Å². The Morgan fingerprint density at radius 2 is 2.14 bits per heavy atom. The van der Waals surface area contributed by atoms with E-state index in [2.05, 4.69) is 25.7 Å². The number of carbonyl (C=O) groups excluding carboxylic acids is 1. The minimum absolute atomic E-state index is 0.112. The summed E-state index contributed by atoms with van der Waals surface area (Å²) in [6, 6.07) is 13.4. The van der Waals surface area contributed by atoms with Gasteiger partial charge in [-0.15, -0.1) is 0 Å². The molecule has 1 amide bonds. The number of furan rings is 1. The first kappa shape index (κ1) is 18.4. The van der Waals surface area contributed by atoms with Gasteiger partial charge in [0.05, 0.1) is 16.0 Å². The van der Waals surface area contributed by atoms with Gasteiger partial charge in [-0.3, -0.25) is 20.0 Å². The van der Waals surface area contributed by atoms with Crippen LogP contribution in [-0.2, 0) is 0 Å². The molecule has 4 aromatic rings. The fourth-order valence-corrected chi connectivity index (χ4v) is 3.29. The molecule has 0 bridgehead atoms. The van der Waals surface area contributed by atoms with Crippen molar-refractivity contribution in [3.05, 3.63) is 76.3 Å². The Hall–Kier alpha value is -3.99. The number of rotatable bonds is 6. The minimum atomic E-state index is -0.524. The third-order valence-corrected chi connectivity index (χ3v) is 4.76. The molecule has 2 aromatic carbocycles.